The van der Waals surface area contributed by atoms with E-state index < -0.39 is 5.97 Å². The van der Waals surface area contributed by atoms with E-state index in [1.165, 1.54) is 38.3 Å². The quantitative estimate of drug-likeness (QED) is 0.859. The summed E-state index contributed by atoms with van der Waals surface area (Å²) in [5.74, 6) is -0.931. The molecule has 0 aliphatic heterocycles. The standard InChI is InChI=1S/C14H20N2O2/c1-14(6-3-2-4-7-14)10-16-12-5-8-15-9-11(12)13(17)18/h5,8-9H,2-4,6-7,10H2,1H3,(H,15,16)(H,17,18). The van der Waals surface area contributed by atoms with Crippen molar-refractivity contribution in [1.29, 1.82) is 0 Å². The molecule has 1 aromatic rings. The first-order chi connectivity index (χ1) is 8.61. The first-order valence-corrected chi connectivity index (χ1v) is 6.52. The van der Waals surface area contributed by atoms with Gasteiger partial charge in [0.2, 0.25) is 0 Å². The molecule has 1 fully saturated rings. The maximum absolute atomic E-state index is 11.1. The maximum atomic E-state index is 11.1. The topological polar surface area (TPSA) is 62.2 Å². The molecule has 1 heterocycles. The lowest BCUT2D eigenvalue weighted by atomic mass is 9.75. The molecule has 4 heteroatoms. The van der Waals surface area contributed by atoms with E-state index in [1.54, 1.807) is 12.3 Å². The molecular weight excluding hydrogens is 228 g/mol. The number of nitrogens with zero attached hydrogens (tertiary/aromatic N) is 1. The van der Waals surface area contributed by atoms with Crippen LogP contribution in [0.2, 0.25) is 0 Å². The SMILES string of the molecule is CC1(CNc2ccncc2C(=O)O)CCCCC1. The lowest BCUT2D eigenvalue weighted by Crippen LogP contribution is -2.29. The van der Waals surface area contributed by atoms with Crippen molar-refractivity contribution in [1.82, 2.24) is 4.98 Å². The summed E-state index contributed by atoms with van der Waals surface area (Å²) >= 11 is 0. The molecule has 1 saturated carbocycles. The molecule has 0 saturated heterocycles. The van der Waals surface area contributed by atoms with Crippen LogP contribution < -0.4 is 5.32 Å². The Balaban J connectivity index is 2.03. The minimum Gasteiger partial charge on any atom is -0.478 e. The summed E-state index contributed by atoms with van der Waals surface area (Å²) in [6.45, 7) is 3.11. The molecule has 1 aromatic heterocycles. The number of aromatic nitrogens is 1. The fourth-order valence-electron chi connectivity index (χ4n) is 2.61. The second-order valence-electron chi connectivity index (χ2n) is 5.45. The molecule has 4 nitrogen and oxygen atoms in total. The molecule has 1 aliphatic carbocycles. The van der Waals surface area contributed by atoms with E-state index in [-0.39, 0.29) is 11.0 Å². The van der Waals surface area contributed by atoms with E-state index in [2.05, 4.69) is 17.2 Å². The molecule has 0 spiro atoms. The lowest BCUT2D eigenvalue weighted by molar-refractivity contribution is 0.0697. The van der Waals surface area contributed by atoms with Gasteiger partial charge in [-0.2, -0.15) is 0 Å². The van der Waals surface area contributed by atoms with Crippen molar-refractivity contribution in [3.05, 3.63) is 24.0 Å². The van der Waals surface area contributed by atoms with Crippen LogP contribution in [-0.2, 0) is 0 Å². The predicted octanol–water partition coefficient (Wildman–Crippen LogP) is 3.16. The highest BCUT2D eigenvalue weighted by molar-refractivity contribution is 5.93. The Morgan fingerprint density at radius 3 is 2.83 bits per heavy atom. The van der Waals surface area contributed by atoms with Crippen LogP contribution in [0.3, 0.4) is 0 Å². The minimum absolute atomic E-state index is 0.247. The van der Waals surface area contributed by atoms with Crippen LogP contribution in [0.4, 0.5) is 5.69 Å². The molecule has 18 heavy (non-hydrogen) atoms. The Kier molecular flexibility index (Phi) is 3.84. The number of anilines is 1. The number of pyridine rings is 1. The van der Waals surface area contributed by atoms with Crippen molar-refractivity contribution in [3.8, 4) is 0 Å². The van der Waals surface area contributed by atoms with Gasteiger partial charge >= 0.3 is 5.97 Å². The maximum Gasteiger partial charge on any atom is 0.339 e. The van der Waals surface area contributed by atoms with E-state index >= 15 is 0 Å². The predicted molar refractivity (Wildman–Crippen MR) is 70.9 cm³/mol. The normalized spacial score (nSPS) is 18.3. The first-order valence-electron chi connectivity index (χ1n) is 6.52. The van der Waals surface area contributed by atoms with E-state index in [0.717, 1.165) is 6.54 Å². The number of hydrogen-bond acceptors (Lipinski definition) is 3. The molecule has 0 bridgehead atoms. The Bertz CT molecular complexity index is 426. The van der Waals surface area contributed by atoms with Crippen LogP contribution in [0.25, 0.3) is 0 Å². The molecule has 0 radical (unpaired) electrons. The van der Waals surface area contributed by atoms with Crippen molar-refractivity contribution in [2.24, 2.45) is 5.41 Å². The van der Waals surface area contributed by atoms with Gasteiger partial charge in [-0.25, -0.2) is 4.79 Å². The molecule has 0 unspecified atom stereocenters. The molecular formula is C14H20N2O2. The first kappa shape index (κ1) is 12.9. The van der Waals surface area contributed by atoms with Crippen LogP contribution in [0.1, 0.15) is 49.4 Å². The van der Waals surface area contributed by atoms with E-state index in [0.29, 0.717) is 5.69 Å². The lowest BCUT2D eigenvalue weighted by Gasteiger charge is -2.34. The molecule has 1 aliphatic rings. The average Bonchev–Trinajstić information content (AvgIpc) is 2.38. The monoisotopic (exact) mass is 248 g/mol. The van der Waals surface area contributed by atoms with Crippen molar-refractivity contribution < 1.29 is 9.90 Å². The third-order valence-electron chi connectivity index (χ3n) is 3.82. The fourth-order valence-corrected chi connectivity index (χ4v) is 2.61. The number of hydrogen-bond donors (Lipinski definition) is 2. The number of carboxylic acids is 1. The second kappa shape index (κ2) is 5.38. The summed E-state index contributed by atoms with van der Waals surface area (Å²) in [5.41, 5.74) is 1.21. The van der Waals surface area contributed by atoms with Gasteiger partial charge in [-0.15, -0.1) is 0 Å². The van der Waals surface area contributed by atoms with Crippen molar-refractivity contribution >= 4 is 11.7 Å². The van der Waals surface area contributed by atoms with Crippen LogP contribution in [0, 0.1) is 5.41 Å². The second-order valence-corrected chi connectivity index (χ2v) is 5.45. The molecule has 98 valence electrons. The Hall–Kier alpha value is -1.58. The summed E-state index contributed by atoms with van der Waals surface area (Å²) in [5, 5.41) is 12.4. The fraction of sp³-hybridized carbons (Fsp3) is 0.571. The van der Waals surface area contributed by atoms with E-state index in [4.69, 9.17) is 5.11 Å². The largest absolute Gasteiger partial charge is 0.478 e. The summed E-state index contributed by atoms with van der Waals surface area (Å²) in [6.07, 6.45) is 9.33. The van der Waals surface area contributed by atoms with Crippen molar-refractivity contribution in [2.45, 2.75) is 39.0 Å². The zero-order chi connectivity index (χ0) is 13.0. The smallest absolute Gasteiger partial charge is 0.339 e. The highest BCUT2D eigenvalue weighted by Crippen LogP contribution is 2.35. The summed E-state index contributed by atoms with van der Waals surface area (Å²) in [6, 6.07) is 1.73. The van der Waals surface area contributed by atoms with Crippen LogP contribution in [-0.4, -0.2) is 22.6 Å². The number of carboxylic acid groups (broad SMARTS) is 1. The Morgan fingerprint density at radius 2 is 2.17 bits per heavy atom. The van der Waals surface area contributed by atoms with Gasteiger partial charge in [-0.3, -0.25) is 4.98 Å². The van der Waals surface area contributed by atoms with Crippen molar-refractivity contribution in [3.63, 3.8) is 0 Å². The van der Waals surface area contributed by atoms with Gasteiger partial charge in [-0.05, 0) is 24.3 Å². The van der Waals surface area contributed by atoms with Gasteiger partial charge in [-0.1, -0.05) is 26.2 Å². The Morgan fingerprint density at radius 1 is 1.44 bits per heavy atom. The molecule has 2 N–H and O–H groups in total. The van der Waals surface area contributed by atoms with Crippen LogP contribution in [0.15, 0.2) is 18.5 Å². The Labute approximate surface area is 107 Å². The van der Waals surface area contributed by atoms with E-state index in [9.17, 15) is 4.79 Å². The van der Waals surface area contributed by atoms with Gasteiger partial charge in [0, 0.05) is 18.9 Å². The summed E-state index contributed by atoms with van der Waals surface area (Å²) in [7, 11) is 0. The number of rotatable bonds is 4. The van der Waals surface area contributed by atoms with E-state index in [1.807, 2.05) is 0 Å². The number of nitrogens with one attached hydrogen (secondary N) is 1. The zero-order valence-electron chi connectivity index (χ0n) is 10.8. The van der Waals surface area contributed by atoms with Gasteiger partial charge in [0.1, 0.15) is 5.56 Å². The highest BCUT2D eigenvalue weighted by atomic mass is 16.4. The van der Waals surface area contributed by atoms with Gasteiger partial charge in [0.25, 0.3) is 0 Å². The zero-order valence-corrected chi connectivity index (χ0v) is 10.8. The van der Waals surface area contributed by atoms with Crippen molar-refractivity contribution in [2.75, 3.05) is 11.9 Å². The molecule has 2 rings (SSSR count). The molecule has 0 aromatic carbocycles. The third-order valence-corrected chi connectivity index (χ3v) is 3.82. The number of aromatic carboxylic acids is 1. The summed E-state index contributed by atoms with van der Waals surface area (Å²) < 4.78 is 0. The van der Waals surface area contributed by atoms with Crippen LogP contribution in [0.5, 0.6) is 0 Å². The third kappa shape index (κ3) is 3.00. The van der Waals surface area contributed by atoms with Gasteiger partial charge in [0.05, 0.1) is 5.69 Å². The van der Waals surface area contributed by atoms with Crippen LogP contribution >= 0.6 is 0 Å². The van der Waals surface area contributed by atoms with Gasteiger partial charge < -0.3 is 10.4 Å². The minimum atomic E-state index is -0.931. The molecule has 0 atom stereocenters. The molecule has 0 amide bonds. The highest BCUT2D eigenvalue weighted by Gasteiger charge is 2.26. The summed E-state index contributed by atoms with van der Waals surface area (Å²) in [4.78, 5) is 14.9. The van der Waals surface area contributed by atoms with Gasteiger partial charge in [0.15, 0.2) is 0 Å². The number of carbonyl (C=O) groups is 1. The average molecular weight is 248 g/mol.